The molecule has 0 saturated carbocycles. The quantitative estimate of drug-likeness (QED) is 0.379. The third-order valence-electron chi connectivity index (χ3n) is 5.99. The van der Waals surface area contributed by atoms with Gasteiger partial charge in [-0.3, -0.25) is 14.1 Å². The zero-order chi connectivity index (χ0) is 23.4. The number of imidazole rings is 1. The second kappa shape index (κ2) is 10.1. The van der Waals surface area contributed by atoms with Crippen LogP contribution in [0.2, 0.25) is 5.15 Å². The smallest absolute Gasteiger partial charge is 0.290 e. The lowest BCUT2D eigenvalue weighted by Gasteiger charge is -2.10. The zero-order valence-corrected chi connectivity index (χ0v) is 19.9. The third-order valence-corrected chi connectivity index (χ3v) is 6.39. The largest absolute Gasteiger partial charge is 0.330 e. The number of tetrazole rings is 1. The molecule has 172 valence electrons. The van der Waals surface area contributed by atoms with Gasteiger partial charge in [0.2, 0.25) is 0 Å². The topological polar surface area (TPSA) is 94.3 Å². The predicted molar refractivity (Wildman–Crippen MR) is 129 cm³/mol. The first-order valence-electron chi connectivity index (χ1n) is 11.3. The lowest BCUT2D eigenvalue weighted by atomic mass is 10.0. The van der Waals surface area contributed by atoms with E-state index < -0.39 is 0 Å². The van der Waals surface area contributed by atoms with Crippen LogP contribution < -0.4 is 5.69 Å². The summed E-state index contributed by atoms with van der Waals surface area (Å²) in [6.45, 7) is 6.71. The van der Waals surface area contributed by atoms with Crippen molar-refractivity contribution in [3.63, 3.8) is 0 Å². The van der Waals surface area contributed by atoms with Gasteiger partial charge < -0.3 is 0 Å². The summed E-state index contributed by atoms with van der Waals surface area (Å²) < 4.78 is 3.55. The van der Waals surface area contributed by atoms with Crippen LogP contribution in [0.3, 0.4) is 0 Å². The zero-order valence-electron chi connectivity index (χ0n) is 19.1. The number of aromatic nitrogens is 7. The Balaban J connectivity index is 1.67. The minimum absolute atomic E-state index is 0.0469. The number of hydrogen-bond donors (Lipinski definition) is 1. The van der Waals surface area contributed by atoms with Crippen molar-refractivity contribution >= 4 is 11.6 Å². The van der Waals surface area contributed by atoms with Crippen LogP contribution in [0.25, 0.3) is 22.6 Å². The van der Waals surface area contributed by atoms with Crippen molar-refractivity contribution in [1.29, 1.82) is 0 Å². The van der Waals surface area contributed by atoms with Gasteiger partial charge in [0.25, 0.3) is 0 Å². The number of halogens is 1. The van der Waals surface area contributed by atoms with Gasteiger partial charge in [0.15, 0.2) is 5.82 Å². The summed E-state index contributed by atoms with van der Waals surface area (Å²) in [7, 11) is 0. The van der Waals surface area contributed by atoms with Crippen LogP contribution in [-0.2, 0) is 13.0 Å². The number of benzene rings is 1. The molecule has 4 rings (SSSR count). The number of unbranched alkanes of at least 4 members (excludes halogenated alkanes) is 1. The molecule has 1 aromatic carbocycles. The number of hydrogen-bond acceptors (Lipinski definition) is 5. The molecular weight excluding hydrogens is 438 g/mol. The first-order valence-corrected chi connectivity index (χ1v) is 11.7. The van der Waals surface area contributed by atoms with Gasteiger partial charge in [-0.2, -0.15) is 0 Å². The molecule has 0 aliphatic carbocycles. The number of rotatable bonds is 9. The molecular formula is C24H28ClN7O. The van der Waals surface area contributed by atoms with Gasteiger partial charge in [-0.05, 0) is 54.3 Å². The fraction of sp³-hybridized carbons (Fsp3) is 0.375. The summed E-state index contributed by atoms with van der Waals surface area (Å²) in [5, 5.41) is 14.7. The van der Waals surface area contributed by atoms with Crippen molar-refractivity contribution in [1.82, 2.24) is 34.7 Å². The van der Waals surface area contributed by atoms with Crippen LogP contribution in [-0.4, -0.2) is 34.7 Å². The molecule has 0 aliphatic heterocycles. The van der Waals surface area contributed by atoms with Crippen molar-refractivity contribution in [3.8, 4) is 22.6 Å². The van der Waals surface area contributed by atoms with E-state index in [1.807, 2.05) is 47.9 Å². The van der Waals surface area contributed by atoms with Gasteiger partial charge in [-0.25, -0.2) is 9.89 Å². The molecule has 1 N–H and O–H groups in total. The Bertz CT molecular complexity index is 1260. The molecule has 0 amide bonds. The summed E-state index contributed by atoms with van der Waals surface area (Å²) in [6, 6.07) is 11.9. The Kier molecular flexibility index (Phi) is 7.03. The SMILES string of the molecule is CCCCc1c(Cl)n(C(C)CC)c(=O)n1Cc1ccc(-c2ncccc2-c2nnn[nH]2)cc1. The van der Waals surface area contributed by atoms with E-state index in [2.05, 4.69) is 39.5 Å². The van der Waals surface area contributed by atoms with E-state index >= 15 is 0 Å². The summed E-state index contributed by atoms with van der Waals surface area (Å²) >= 11 is 6.70. The maximum atomic E-state index is 13.3. The normalized spacial score (nSPS) is 12.2. The number of pyridine rings is 1. The second-order valence-electron chi connectivity index (χ2n) is 8.18. The lowest BCUT2D eigenvalue weighted by Crippen LogP contribution is -2.27. The number of nitrogens with one attached hydrogen (secondary N) is 1. The third kappa shape index (κ3) is 4.61. The van der Waals surface area contributed by atoms with Crippen LogP contribution in [0.4, 0.5) is 0 Å². The highest BCUT2D eigenvalue weighted by Crippen LogP contribution is 2.28. The minimum atomic E-state index is -0.0469. The van der Waals surface area contributed by atoms with E-state index in [1.54, 1.807) is 10.8 Å². The first-order chi connectivity index (χ1) is 16.0. The van der Waals surface area contributed by atoms with Crippen LogP contribution in [0.15, 0.2) is 47.4 Å². The molecule has 8 nitrogen and oxygen atoms in total. The molecule has 9 heteroatoms. The van der Waals surface area contributed by atoms with Gasteiger partial charge in [-0.1, -0.05) is 56.1 Å². The van der Waals surface area contributed by atoms with E-state index in [9.17, 15) is 4.79 Å². The Morgan fingerprint density at radius 3 is 2.61 bits per heavy atom. The minimum Gasteiger partial charge on any atom is -0.290 e. The van der Waals surface area contributed by atoms with Crippen LogP contribution >= 0.6 is 11.6 Å². The monoisotopic (exact) mass is 465 g/mol. The van der Waals surface area contributed by atoms with Crippen molar-refractivity contribution in [2.24, 2.45) is 0 Å². The first kappa shape index (κ1) is 22.9. The Hall–Kier alpha value is -3.26. The molecule has 0 radical (unpaired) electrons. The standard InChI is InChI=1S/C24H28ClN7O/c1-4-6-9-20-22(25)32(16(3)5-2)24(33)31(20)15-17-10-12-18(13-11-17)21-19(8-7-14-26-21)23-27-29-30-28-23/h7-8,10-14,16H,4-6,9,15H2,1-3H3,(H,27,28,29,30). The van der Waals surface area contributed by atoms with Gasteiger partial charge in [0.1, 0.15) is 5.15 Å². The number of nitrogens with zero attached hydrogens (tertiary/aromatic N) is 6. The summed E-state index contributed by atoms with van der Waals surface area (Å²) in [5.74, 6) is 0.565. The average Bonchev–Trinajstić information content (AvgIpc) is 3.45. The number of H-pyrrole nitrogens is 1. The Morgan fingerprint density at radius 1 is 1.15 bits per heavy atom. The van der Waals surface area contributed by atoms with E-state index in [1.165, 1.54) is 0 Å². The lowest BCUT2D eigenvalue weighted by molar-refractivity contribution is 0.505. The molecule has 1 unspecified atom stereocenters. The Morgan fingerprint density at radius 2 is 1.94 bits per heavy atom. The summed E-state index contributed by atoms with van der Waals surface area (Å²) in [6.07, 6.45) is 5.41. The number of aromatic amines is 1. The van der Waals surface area contributed by atoms with Crippen LogP contribution in [0, 0.1) is 0 Å². The maximum Gasteiger partial charge on any atom is 0.330 e. The van der Waals surface area contributed by atoms with Crippen molar-refractivity contribution in [2.75, 3.05) is 0 Å². The molecule has 0 saturated heterocycles. The highest BCUT2D eigenvalue weighted by Gasteiger charge is 2.21. The van der Waals surface area contributed by atoms with E-state index in [4.69, 9.17) is 11.6 Å². The van der Waals surface area contributed by atoms with Crippen LogP contribution in [0.1, 0.15) is 57.3 Å². The van der Waals surface area contributed by atoms with Gasteiger partial charge in [0, 0.05) is 23.4 Å². The molecule has 0 bridgehead atoms. The molecule has 3 aromatic heterocycles. The molecule has 0 fully saturated rings. The molecule has 4 aromatic rings. The van der Waals surface area contributed by atoms with Gasteiger partial charge in [-0.15, -0.1) is 5.10 Å². The summed E-state index contributed by atoms with van der Waals surface area (Å²) in [5.41, 5.74) is 4.45. The fourth-order valence-corrected chi connectivity index (χ4v) is 4.38. The van der Waals surface area contributed by atoms with Crippen molar-refractivity contribution in [3.05, 3.63) is 69.5 Å². The highest BCUT2D eigenvalue weighted by atomic mass is 35.5. The van der Waals surface area contributed by atoms with E-state index in [0.29, 0.717) is 17.5 Å². The van der Waals surface area contributed by atoms with E-state index in [0.717, 1.165) is 53.8 Å². The van der Waals surface area contributed by atoms with Crippen LogP contribution in [0.5, 0.6) is 0 Å². The van der Waals surface area contributed by atoms with Crippen molar-refractivity contribution in [2.45, 2.75) is 59.0 Å². The molecule has 0 spiro atoms. The Labute approximate surface area is 197 Å². The van der Waals surface area contributed by atoms with Gasteiger partial charge >= 0.3 is 5.69 Å². The molecule has 3 heterocycles. The molecule has 1 atom stereocenters. The average molecular weight is 466 g/mol. The molecule has 0 aliphatic rings. The van der Waals surface area contributed by atoms with E-state index in [-0.39, 0.29) is 11.7 Å². The van der Waals surface area contributed by atoms with Crippen molar-refractivity contribution < 1.29 is 0 Å². The highest BCUT2D eigenvalue weighted by molar-refractivity contribution is 6.30. The predicted octanol–water partition coefficient (Wildman–Crippen LogP) is 4.91. The second-order valence-corrected chi connectivity index (χ2v) is 8.54. The van der Waals surface area contributed by atoms with Gasteiger partial charge in [0.05, 0.1) is 17.9 Å². The molecule has 33 heavy (non-hydrogen) atoms. The summed E-state index contributed by atoms with van der Waals surface area (Å²) in [4.78, 5) is 17.8. The maximum absolute atomic E-state index is 13.3. The fourth-order valence-electron chi connectivity index (χ4n) is 3.94.